The molecule has 0 aliphatic carbocycles. The molecule has 0 bridgehead atoms. The molecule has 16 N–H and O–H groups in total. The molecule has 2 saturated heterocycles. The summed E-state index contributed by atoms with van der Waals surface area (Å²) in [5.41, 5.74) is 18.4. The predicted molar refractivity (Wildman–Crippen MR) is 356 cm³/mol. The van der Waals surface area contributed by atoms with Crippen molar-refractivity contribution in [3.05, 3.63) is 131 Å². The molecule has 5 aromatic carbocycles. The molecule has 0 spiro atoms. The minimum Gasteiger partial charge on any atom is -0.370 e. The summed E-state index contributed by atoms with van der Waals surface area (Å²) in [5.74, 6) is -11.0. The Morgan fingerprint density at radius 1 is 0.642 bits per heavy atom. The van der Waals surface area contributed by atoms with Crippen molar-refractivity contribution in [1.82, 2.24) is 58.1 Å². The van der Waals surface area contributed by atoms with E-state index in [1.54, 1.807) is 50.2 Å². The summed E-state index contributed by atoms with van der Waals surface area (Å²) < 4.78 is 0. The number of hydrogen-bond donors (Lipinski definition) is 13. The van der Waals surface area contributed by atoms with Gasteiger partial charge < -0.3 is 75.3 Å². The summed E-state index contributed by atoms with van der Waals surface area (Å²) in [6.45, 7) is 6.71. The van der Waals surface area contributed by atoms with Gasteiger partial charge in [-0.25, -0.2) is 0 Å². The van der Waals surface area contributed by atoms with Gasteiger partial charge >= 0.3 is 0 Å². The second kappa shape index (κ2) is 34.1. The Bertz CT molecular complexity index is 3700. The molecule has 0 unspecified atom stereocenters. The fourth-order valence-electron chi connectivity index (χ4n) is 11.2. The lowest BCUT2D eigenvalue weighted by Gasteiger charge is -2.31. The highest BCUT2D eigenvalue weighted by Gasteiger charge is 2.41. The molecule has 5 aromatic rings. The first kappa shape index (κ1) is 72.2. The number of primary amides is 1. The molecule has 0 aromatic heterocycles. The molecule has 2 fully saturated rings. The van der Waals surface area contributed by atoms with Crippen LogP contribution in [0.1, 0.15) is 89.8 Å². The molecule has 95 heavy (non-hydrogen) atoms. The highest BCUT2D eigenvalue weighted by Crippen LogP contribution is 2.22. The minimum atomic E-state index is -1.89. The standard InChI is InChI=1S/C67H84ClN15O12/c1-36(2)28-49-61(90)82-54(66(95)83-27-11-17-55(83)65(94)74-37(3)57(69)86)35-73-56(85)34-53(81-63(92)51(31-40-20-24-47(68)25-21-40)80-62(91)50(76-39(5)84)32-41-18-22-43-12-6-8-14-45(43)29-41)60(89)75-38(4)58(87)77-48(16-10-26-72-67(70)71)59(88)79-52(64(93)78-49)33-42-19-23-44-13-7-9-15-46(44)30-42/h6-9,12-15,18-25,29-30,36-38,48-55H,10-11,16-17,26-28,31-35H2,1-5H3,(H2,69,86)(H,73,85)(H,74,94)(H,75,89)(H,76,84)(H,77,87)(H,78,93)(H,79,88)(H,80,91)(H,81,92)(H,82,90)(H4,70,71,72)/t37-,38-,48-,49-,50+,51-,52-,53-,54-,55-/m0/s1. The number of carbonyl (C=O) groups is 12. The molecule has 2 aliphatic heterocycles. The van der Waals surface area contributed by atoms with Gasteiger partial charge in [-0.3, -0.25) is 62.5 Å². The molecule has 0 saturated carbocycles. The van der Waals surface area contributed by atoms with E-state index in [-0.39, 0.29) is 69.9 Å². The van der Waals surface area contributed by atoms with E-state index in [0.29, 0.717) is 28.1 Å². The van der Waals surface area contributed by atoms with Gasteiger partial charge in [0.2, 0.25) is 70.9 Å². The summed E-state index contributed by atoms with van der Waals surface area (Å²) >= 11 is 6.24. The van der Waals surface area contributed by atoms with Crippen LogP contribution in [0.4, 0.5) is 0 Å². The van der Waals surface area contributed by atoms with E-state index < -0.39 is 144 Å². The van der Waals surface area contributed by atoms with Crippen LogP contribution >= 0.6 is 11.6 Å². The normalized spacial score (nSPS) is 21.0. The topological polar surface area (TPSA) is 419 Å². The Morgan fingerprint density at radius 2 is 1.21 bits per heavy atom. The summed E-state index contributed by atoms with van der Waals surface area (Å²) in [4.78, 5) is 176. The number of fused-ring (bicyclic) bond motifs is 2. The van der Waals surface area contributed by atoms with Crippen molar-refractivity contribution < 1.29 is 57.5 Å². The Morgan fingerprint density at radius 3 is 1.84 bits per heavy atom. The van der Waals surface area contributed by atoms with Gasteiger partial charge in [-0.1, -0.05) is 123 Å². The van der Waals surface area contributed by atoms with Crippen LogP contribution in [-0.4, -0.2) is 162 Å². The molecule has 28 heteroatoms. The maximum absolute atomic E-state index is 15.0. The number of hydrogen-bond acceptors (Lipinski definition) is 13. The molecule has 7 rings (SSSR count). The fraction of sp³-hybridized carbons (Fsp3) is 0.418. The zero-order valence-electron chi connectivity index (χ0n) is 53.6. The van der Waals surface area contributed by atoms with Gasteiger partial charge in [-0.2, -0.15) is 0 Å². The van der Waals surface area contributed by atoms with E-state index in [9.17, 15) is 57.5 Å². The molecule has 12 amide bonds. The smallest absolute Gasteiger partial charge is 0.247 e. The SMILES string of the molecule is CC(=O)N[C@H](Cc1ccc2ccccc2c1)C(=O)N[C@@H](Cc1ccc(Cl)cc1)C(=O)N[C@H]1CC(=O)NC[C@@H](C(=O)N2CCC[C@H]2C(=O)N[C@@H](C)C(N)=O)NC(=O)[C@H](CC(C)C)NC(=O)[C@H](Cc2ccc3ccccc3c2)NC(=O)[C@H](CCCN=C(N)N)NC(=O)[C@H](C)NC1=O. The number of likely N-dealkylation sites (tertiary alicyclic amines) is 1. The molecule has 10 atom stereocenters. The largest absolute Gasteiger partial charge is 0.370 e. The Hall–Kier alpha value is -10.2. The number of aliphatic imine (C=N–C) groups is 1. The lowest BCUT2D eigenvalue weighted by atomic mass is 9.98. The first-order valence-corrected chi connectivity index (χ1v) is 31.9. The first-order valence-electron chi connectivity index (χ1n) is 31.5. The van der Waals surface area contributed by atoms with Crippen molar-refractivity contribution >= 4 is 110 Å². The van der Waals surface area contributed by atoms with Gasteiger partial charge in [0, 0.05) is 50.8 Å². The van der Waals surface area contributed by atoms with Crippen LogP contribution in [0.3, 0.4) is 0 Å². The van der Waals surface area contributed by atoms with Crippen LogP contribution in [0.2, 0.25) is 5.02 Å². The lowest BCUT2D eigenvalue weighted by Crippen LogP contribution is -2.62. The number of carbonyl (C=O) groups excluding carboxylic acids is 12. The molecule has 0 radical (unpaired) electrons. The number of halogens is 1. The van der Waals surface area contributed by atoms with Crippen LogP contribution in [0, 0.1) is 5.92 Å². The Balaban J connectivity index is 1.27. The third-order valence-electron chi connectivity index (χ3n) is 16.3. The number of guanidine groups is 1. The van der Waals surface area contributed by atoms with E-state index >= 15 is 0 Å². The second-order valence-electron chi connectivity index (χ2n) is 24.4. The van der Waals surface area contributed by atoms with Gasteiger partial charge in [0.15, 0.2) is 5.96 Å². The van der Waals surface area contributed by atoms with Crippen LogP contribution in [-0.2, 0) is 76.8 Å². The summed E-state index contributed by atoms with van der Waals surface area (Å²) in [6.07, 6.45) is -0.913. The highest BCUT2D eigenvalue weighted by molar-refractivity contribution is 6.30. The van der Waals surface area contributed by atoms with Crippen molar-refractivity contribution in [3.8, 4) is 0 Å². The average molecular weight is 1330 g/mol. The predicted octanol–water partition coefficient (Wildman–Crippen LogP) is 0.193. The van der Waals surface area contributed by atoms with E-state index in [1.807, 2.05) is 72.8 Å². The number of nitrogens with zero attached hydrogens (tertiary/aromatic N) is 2. The number of benzene rings is 5. The zero-order valence-corrected chi connectivity index (χ0v) is 54.4. The molecular formula is C67H84ClN15O12. The molecule has 506 valence electrons. The van der Waals surface area contributed by atoms with E-state index in [0.717, 1.165) is 21.5 Å². The number of rotatable bonds is 21. The molecule has 2 heterocycles. The van der Waals surface area contributed by atoms with Crippen LogP contribution in [0.5, 0.6) is 0 Å². The maximum atomic E-state index is 15.0. The summed E-state index contributed by atoms with van der Waals surface area (Å²) in [7, 11) is 0. The second-order valence-corrected chi connectivity index (χ2v) is 24.8. The number of nitrogens with one attached hydrogen (secondary N) is 10. The first-order chi connectivity index (χ1) is 45.2. The van der Waals surface area contributed by atoms with Gasteiger partial charge in [-0.05, 0) is 102 Å². The van der Waals surface area contributed by atoms with Crippen molar-refractivity contribution in [1.29, 1.82) is 0 Å². The third-order valence-corrected chi connectivity index (χ3v) is 16.5. The Kier molecular flexibility index (Phi) is 25.9. The lowest BCUT2D eigenvalue weighted by molar-refractivity contribution is -0.142. The zero-order chi connectivity index (χ0) is 69.0. The molecule has 27 nitrogen and oxygen atoms in total. The van der Waals surface area contributed by atoms with Gasteiger partial charge in [-0.15, -0.1) is 0 Å². The number of amides is 12. The van der Waals surface area contributed by atoms with Crippen LogP contribution in [0.25, 0.3) is 21.5 Å². The van der Waals surface area contributed by atoms with Crippen molar-refractivity contribution in [2.45, 2.75) is 153 Å². The van der Waals surface area contributed by atoms with Crippen molar-refractivity contribution in [3.63, 3.8) is 0 Å². The van der Waals surface area contributed by atoms with Gasteiger partial charge in [0.1, 0.15) is 60.4 Å². The fourth-order valence-corrected chi connectivity index (χ4v) is 11.3. The van der Waals surface area contributed by atoms with E-state index in [4.69, 9.17) is 28.8 Å². The monoisotopic (exact) mass is 1330 g/mol. The Labute approximate surface area is 554 Å². The molecular weight excluding hydrogens is 1240 g/mol. The highest BCUT2D eigenvalue weighted by atomic mass is 35.5. The van der Waals surface area contributed by atoms with Gasteiger partial charge in [0.25, 0.3) is 0 Å². The maximum Gasteiger partial charge on any atom is 0.247 e. The van der Waals surface area contributed by atoms with Gasteiger partial charge in [0.05, 0.1) is 6.42 Å². The summed E-state index contributed by atoms with van der Waals surface area (Å²) in [6, 6.07) is 17.8. The summed E-state index contributed by atoms with van der Waals surface area (Å²) in [5, 5.41) is 30.3. The third kappa shape index (κ3) is 21.4. The quantitative estimate of drug-likeness (QED) is 0.0265. The van der Waals surface area contributed by atoms with E-state index in [2.05, 4.69) is 58.2 Å². The minimum absolute atomic E-state index is 0.00609. The van der Waals surface area contributed by atoms with Crippen LogP contribution < -0.4 is 70.4 Å². The van der Waals surface area contributed by atoms with E-state index in [1.165, 1.54) is 25.7 Å². The average Bonchev–Trinajstić information content (AvgIpc) is 1.83. The molecule has 2 aliphatic rings. The van der Waals surface area contributed by atoms with Crippen molar-refractivity contribution in [2.75, 3.05) is 19.6 Å². The number of nitrogens with two attached hydrogens (primary N) is 3. The van der Waals surface area contributed by atoms with Crippen LogP contribution in [0.15, 0.2) is 114 Å². The van der Waals surface area contributed by atoms with Crippen molar-refractivity contribution in [2.24, 2.45) is 28.1 Å².